The normalized spacial score (nSPS) is 16.9. The van der Waals surface area contributed by atoms with Gasteiger partial charge >= 0.3 is 5.97 Å². The van der Waals surface area contributed by atoms with Gasteiger partial charge in [-0.3, -0.25) is 4.72 Å². The topological polar surface area (TPSA) is 99.3 Å². The number of carboxylic acid groups (broad SMARTS) is 1. The second-order valence-corrected chi connectivity index (χ2v) is 6.56. The first-order chi connectivity index (χ1) is 8.40. The molecule has 7 heteroatoms. The van der Waals surface area contributed by atoms with Gasteiger partial charge in [-0.1, -0.05) is 12.8 Å². The number of carbonyl (C=O) groups is 1. The number of hydrogen-bond acceptors (Lipinski definition) is 3. The van der Waals surface area contributed by atoms with Crippen LogP contribution in [0.3, 0.4) is 0 Å². The Hall–Kier alpha value is -1.50. The first-order valence-electron chi connectivity index (χ1n) is 5.84. The summed E-state index contributed by atoms with van der Waals surface area (Å²) in [6, 6.07) is 1.50. The van der Waals surface area contributed by atoms with Crippen molar-refractivity contribution in [1.82, 2.24) is 4.98 Å². The zero-order valence-corrected chi connectivity index (χ0v) is 10.9. The van der Waals surface area contributed by atoms with Gasteiger partial charge in [-0.2, -0.15) is 0 Å². The molecule has 0 aromatic carbocycles. The fourth-order valence-electron chi connectivity index (χ4n) is 2.27. The maximum atomic E-state index is 12.1. The molecule has 0 saturated heterocycles. The van der Waals surface area contributed by atoms with Crippen molar-refractivity contribution >= 4 is 21.7 Å². The Morgan fingerprint density at radius 1 is 1.44 bits per heavy atom. The van der Waals surface area contributed by atoms with Crippen LogP contribution in [-0.2, 0) is 10.0 Å². The van der Waals surface area contributed by atoms with Crippen molar-refractivity contribution in [2.45, 2.75) is 37.9 Å². The predicted octanol–water partition coefficient (Wildman–Crippen LogP) is 1.71. The molecular formula is C11H16N2O4S. The average Bonchev–Trinajstić information content (AvgIpc) is 2.86. The molecule has 6 nitrogen and oxygen atoms in total. The predicted molar refractivity (Wildman–Crippen MR) is 67.3 cm³/mol. The van der Waals surface area contributed by atoms with Gasteiger partial charge in [-0.05, 0) is 25.8 Å². The van der Waals surface area contributed by atoms with E-state index in [-0.39, 0.29) is 11.4 Å². The second kappa shape index (κ2) is 4.64. The minimum atomic E-state index is -3.49. The van der Waals surface area contributed by atoms with Gasteiger partial charge in [0.2, 0.25) is 10.0 Å². The van der Waals surface area contributed by atoms with Crippen LogP contribution in [0.4, 0.5) is 5.69 Å². The first-order valence-corrected chi connectivity index (χ1v) is 7.39. The van der Waals surface area contributed by atoms with Gasteiger partial charge in [0.25, 0.3) is 0 Å². The third kappa shape index (κ3) is 2.50. The van der Waals surface area contributed by atoms with E-state index in [1.165, 1.54) is 6.07 Å². The summed E-state index contributed by atoms with van der Waals surface area (Å²) < 4.78 is 26.5. The van der Waals surface area contributed by atoms with Crippen LogP contribution in [0.25, 0.3) is 0 Å². The largest absolute Gasteiger partial charge is 0.477 e. The van der Waals surface area contributed by atoms with E-state index in [4.69, 9.17) is 5.11 Å². The van der Waals surface area contributed by atoms with E-state index in [0.717, 1.165) is 12.8 Å². The van der Waals surface area contributed by atoms with E-state index in [0.29, 0.717) is 18.5 Å². The summed E-state index contributed by atoms with van der Waals surface area (Å²) in [6.07, 6.45) is 3.09. The van der Waals surface area contributed by atoms with Crippen LogP contribution >= 0.6 is 0 Å². The molecule has 0 unspecified atom stereocenters. The Morgan fingerprint density at radius 3 is 2.61 bits per heavy atom. The number of anilines is 1. The molecule has 1 aliphatic rings. The highest BCUT2D eigenvalue weighted by atomic mass is 32.2. The highest BCUT2D eigenvalue weighted by Crippen LogP contribution is 2.27. The molecule has 3 N–H and O–H groups in total. The molecule has 100 valence electrons. The Kier molecular flexibility index (Phi) is 3.34. The molecule has 0 bridgehead atoms. The van der Waals surface area contributed by atoms with Gasteiger partial charge in [-0.25, -0.2) is 13.2 Å². The minimum Gasteiger partial charge on any atom is -0.477 e. The molecule has 1 aliphatic carbocycles. The van der Waals surface area contributed by atoms with Crippen molar-refractivity contribution in [3.63, 3.8) is 0 Å². The van der Waals surface area contributed by atoms with Crippen molar-refractivity contribution in [3.8, 4) is 0 Å². The Morgan fingerprint density at radius 2 is 2.06 bits per heavy atom. The summed E-state index contributed by atoms with van der Waals surface area (Å²) >= 11 is 0. The van der Waals surface area contributed by atoms with Crippen LogP contribution in [0.15, 0.2) is 6.07 Å². The van der Waals surface area contributed by atoms with Crippen LogP contribution in [0.2, 0.25) is 0 Å². The fraction of sp³-hybridized carbons (Fsp3) is 0.545. The van der Waals surface area contributed by atoms with Gasteiger partial charge < -0.3 is 10.1 Å². The number of sulfonamides is 1. The lowest BCUT2D eigenvalue weighted by Crippen LogP contribution is -2.25. The minimum absolute atomic E-state index is 0.117. The number of carboxylic acids is 1. The zero-order valence-electron chi connectivity index (χ0n) is 10.1. The smallest absolute Gasteiger partial charge is 0.354 e. The summed E-state index contributed by atoms with van der Waals surface area (Å²) in [6.45, 7) is 1.68. The van der Waals surface area contributed by atoms with Crippen molar-refractivity contribution in [1.29, 1.82) is 0 Å². The van der Waals surface area contributed by atoms with Gasteiger partial charge in [0.15, 0.2) is 0 Å². The molecular weight excluding hydrogens is 256 g/mol. The Bertz CT molecular complexity index is 556. The lowest BCUT2D eigenvalue weighted by molar-refractivity contribution is 0.0692. The van der Waals surface area contributed by atoms with Gasteiger partial charge in [0, 0.05) is 5.69 Å². The molecule has 1 saturated carbocycles. The summed E-state index contributed by atoms with van der Waals surface area (Å²) in [5.41, 5.74) is 0.609. The maximum Gasteiger partial charge on any atom is 0.354 e. The zero-order chi connectivity index (χ0) is 13.3. The number of aromatic nitrogens is 1. The second-order valence-electron chi connectivity index (χ2n) is 4.60. The summed E-state index contributed by atoms with van der Waals surface area (Å²) in [5, 5.41) is 8.57. The van der Waals surface area contributed by atoms with E-state index in [2.05, 4.69) is 9.71 Å². The summed E-state index contributed by atoms with van der Waals surface area (Å²) in [7, 11) is -3.49. The number of aromatic carboxylic acids is 1. The molecule has 0 aliphatic heterocycles. The lowest BCUT2D eigenvalue weighted by atomic mass is 10.4. The van der Waals surface area contributed by atoms with Crippen molar-refractivity contribution in [3.05, 3.63) is 17.5 Å². The molecule has 1 aromatic heterocycles. The average molecular weight is 272 g/mol. The standard InChI is InChI=1S/C11H16N2O4S/c1-7-6-9(10(12-7)11(14)15)13-18(16,17)8-4-2-3-5-8/h6,8,12-13H,2-5H2,1H3,(H,14,15). The van der Waals surface area contributed by atoms with Crippen LogP contribution in [0.1, 0.15) is 41.9 Å². The van der Waals surface area contributed by atoms with E-state index < -0.39 is 21.2 Å². The summed E-state index contributed by atoms with van der Waals surface area (Å²) in [4.78, 5) is 13.6. The molecule has 0 atom stereocenters. The number of nitrogens with one attached hydrogen (secondary N) is 2. The Balaban J connectivity index is 2.25. The van der Waals surface area contributed by atoms with E-state index >= 15 is 0 Å². The number of H-pyrrole nitrogens is 1. The highest BCUT2D eigenvalue weighted by Gasteiger charge is 2.30. The maximum absolute atomic E-state index is 12.1. The van der Waals surface area contributed by atoms with Crippen LogP contribution in [0.5, 0.6) is 0 Å². The van der Waals surface area contributed by atoms with E-state index in [1.807, 2.05) is 0 Å². The molecule has 18 heavy (non-hydrogen) atoms. The third-order valence-electron chi connectivity index (χ3n) is 3.16. The van der Waals surface area contributed by atoms with Crippen LogP contribution in [0, 0.1) is 6.92 Å². The molecule has 0 radical (unpaired) electrons. The quantitative estimate of drug-likeness (QED) is 0.776. The number of aryl methyl sites for hydroxylation is 1. The van der Waals surface area contributed by atoms with Crippen molar-refractivity contribution in [2.24, 2.45) is 0 Å². The Labute approximate surface area is 105 Å². The van der Waals surface area contributed by atoms with Gasteiger partial charge in [-0.15, -0.1) is 0 Å². The van der Waals surface area contributed by atoms with E-state index in [1.54, 1.807) is 6.92 Å². The first kappa shape index (κ1) is 12.9. The third-order valence-corrected chi connectivity index (χ3v) is 5.01. The fourth-order valence-corrected chi connectivity index (χ4v) is 3.86. The van der Waals surface area contributed by atoms with Crippen molar-refractivity contribution < 1.29 is 18.3 Å². The van der Waals surface area contributed by atoms with Gasteiger partial charge in [0.05, 0.1) is 10.9 Å². The highest BCUT2D eigenvalue weighted by molar-refractivity contribution is 7.93. The molecule has 0 amide bonds. The number of rotatable bonds is 4. The number of aromatic amines is 1. The lowest BCUT2D eigenvalue weighted by Gasteiger charge is -2.12. The monoisotopic (exact) mass is 272 g/mol. The molecule has 2 rings (SSSR count). The van der Waals surface area contributed by atoms with Crippen LogP contribution < -0.4 is 4.72 Å². The van der Waals surface area contributed by atoms with E-state index in [9.17, 15) is 13.2 Å². The summed E-state index contributed by atoms with van der Waals surface area (Å²) in [5.74, 6) is -1.17. The number of hydrogen-bond donors (Lipinski definition) is 3. The van der Waals surface area contributed by atoms with Gasteiger partial charge in [0.1, 0.15) is 5.69 Å². The van der Waals surface area contributed by atoms with Crippen molar-refractivity contribution in [2.75, 3.05) is 4.72 Å². The molecule has 1 heterocycles. The van der Waals surface area contributed by atoms with Crippen LogP contribution in [-0.4, -0.2) is 29.7 Å². The molecule has 1 fully saturated rings. The molecule has 0 spiro atoms. The molecule has 1 aromatic rings. The SMILES string of the molecule is Cc1cc(NS(=O)(=O)C2CCCC2)c(C(=O)O)[nH]1.